The van der Waals surface area contributed by atoms with Gasteiger partial charge in [-0.3, -0.25) is 14.5 Å². The lowest BCUT2D eigenvalue weighted by Crippen LogP contribution is -2.43. The van der Waals surface area contributed by atoms with Crippen molar-refractivity contribution >= 4 is 35.1 Å². The number of amides is 2. The maximum atomic E-state index is 13.0. The van der Waals surface area contributed by atoms with Crippen LogP contribution in [0.15, 0.2) is 30.3 Å². The fourth-order valence-electron chi connectivity index (χ4n) is 3.94. The number of anilines is 1. The van der Waals surface area contributed by atoms with Crippen LogP contribution in [0.5, 0.6) is 11.5 Å². The van der Waals surface area contributed by atoms with Gasteiger partial charge in [0.05, 0.1) is 14.2 Å². The minimum atomic E-state index is -1.02. The number of aryl methyl sites for hydroxylation is 1. The third kappa shape index (κ3) is 3.57. The molecule has 2 aromatic rings. The standard InChI is InChI=1S/C22H21ClN2O6/c1-11-4-5-12(10-14(11)23)24-20(27)15-7-9-17(26)25(15)21-13-6-8-16(29-2)19(30-3)18(13)22(28)31-21/h4-6,8,10,15,21H,7,9H2,1-3H3,(H,24,27)/t15-,21+/m0/s1. The van der Waals surface area contributed by atoms with E-state index in [0.717, 1.165) is 5.56 Å². The van der Waals surface area contributed by atoms with Crippen LogP contribution in [-0.2, 0) is 14.3 Å². The highest BCUT2D eigenvalue weighted by molar-refractivity contribution is 6.31. The number of likely N-dealkylation sites (tertiary alicyclic amines) is 1. The van der Waals surface area contributed by atoms with E-state index in [9.17, 15) is 14.4 Å². The Morgan fingerprint density at radius 3 is 2.65 bits per heavy atom. The van der Waals surface area contributed by atoms with Gasteiger partial charge in [-0.15, -0.1) is 0 Å². The number of benzene rings is 2. The Morgan fingerprint density at radius 1 is 1.19 bits per heavy atom. The molecule has 2 aliphatic rings. The minimum absolute atomic E-state index is 0.170. The van der Waals surface area contributed by atoms with Crippen LogP contribution in [0.25, 0.3) is 0 Å². The fourth-order valence-corrected chi connectivity index (χ4v) is 4.12. The summed E-state index contributed by atoms with van der Waals surface area (Å²) in [7, 11) is 2.88. The molecule has 2 atom stereocenters. The quantitative estimate of drug-likeness (QED) is 0.710. The molecule has 2 amide bonds. The van der Waals surface area contributed by atoms with Crippen molar-refractivity contribution in [1.29, 1.82) is 0 Å². The summed E-state index contributed by atoms with van der Waals surface area (Å²) in [5, 5.41) is 3.32. The molecular weight excluding hydrogens is 424 g/mol. The van der Waals surface area contributed by atoms with Crippen LogP contribution in [0, 0.1) is 6.92 Å². The molecular formula is C22H21ClN2O6. The molecule has 2 heterocycles. The van der Waals surface area contributed by atoms with E-state index in [4.69, 9.17) is 25.8 Å². The molecule has 1 N–H and O–H groups in total. The molecule has 0 aromatic heterocycles. The molecule has 0 aliphatic carbocycles. The van der Waals surface area contributed by atoms with E-state index in [1.54, 1.807) is 30.3 Å². The number of nitrogens with zero attached hydrogens (tertiary/aromatic N) is 1. The number of halogens is 1. The lowest BCUT2D eigenvalue weighted by atomic mass is 10.0. The number of esters is 1. The van der Waals surface area contributed by atoms with Gasteiger partial charge in [-0.25, -0.2) is 4.79 Å². The zero-order chi connectivity index (χ0) is 22.3. The van der Waals surface area contributed by atoms with Crippen LogP contribution in [0.4, 0.5) is 5.69 Å². The molecule has 0 bridgehead atoms. The normalized spacial score (nSPS) is 19.8. The third-order valence-electron chi connectivity index (χ3n) is 5.52. The van der Waals surface area contributed by atoms with E-state index in [-0.39, 0.29) is 29.5 Å². The molecule has 4 rings (SSSR count). The van der Waals surface area contributed by atoms with Crippen molar-refractivity contribution in [2.24, 2.45) is 0 Å². The van der Waals surface area contributed by atoms with Crippen molar-refractivity contribution in [2.75, 3.05) is 19.5 Å². The summed E-state index contributed by atoms with van der Waals surface area (Å²) in [5.74, 6) is -0.690. The van der Waals surface area contributed by atoms with Gasteiger partial charge in [0.1, 0.15) is 11.6 Å². The van der Waals surface area contributed by atoms with E-state index in [1.807, 2.05) is 6.92 Å². The van der Waals surface area contributed by atoms with Crippen molar-refractivity contribution in [1.82, 2.24) is 4.90 Å². The molecule has 1 fully saturated rings. The smallest absolute Gasteiger partial charge is 0.344 e. The summed E-state index contributed by atoms with van der Waals surface area (Å²) in [5.41, 5.74) is 2.05. The fraction of sp³-hybridized carbons (Fsp3) is 0.318. The first-order chi connectivity index (χ1) is 14.8. The Morgan fingerprint density at radius 2 is 1.97 bits per heavy atom. The molecule has 2 aliphatic heterocycles. The van der Waals surface area contributed by atoms with Crippen molar-refractivity contribution in [3.05, 3.63) is 52.0 Å². The van der Waals surface area contributed by atoms with Gasteiger partial charge in [-0.05, 0) is 43.2 Å². The molecule has 0 radical (unpaired) electrons. The molecule has 31 heavy (non-hydrogen) atoms. The number of rotatable bonds is 5. The summed E-state index contributed by atoms with van der Waals surface area (Å²) in [4.78, 5) is 39.6. The van der Waals surface area contributed by atoms with Crippen LogP contribution in [-0.4, -0.2) is 42.9 Å². The number of ether oxygens (including phenoxy) is 3. The Bertz CT molecular complexity index is 1090. The predicted molar refractivity (Wildman–Crippen MR) is 112 cm³/mol. The van der Waals surface area contributed by atoms with Crippen molar-refractivity contribution < 1.29 is 28.6 Å². The topological polar surface area (TPSA) is 94.2 Å². The Hall–Kier alpha value is -3.26. The average molecular weight is 445 g/mol. The molecule has 8 nitrogen and oxygen atoms in total. The maximum Gasteiger partial charge on any atom is 0.344 e. The van der Waals surface area contributed by atoms with Crippen LogP contribution in [0.1, 0.15) is 40.6 Å². The Labute approximate surface area is 184 Å². The summed E-state index contributed by atoms with van der Waals surface area (Å²) >= 11 is 6.14. The highest BCUT2D eigenvalue weighted by Crippen LogP contribution is 2.45. The average Bonchev–Trinajstić information content (AvgIpc) is 3.29. The molecule has 162 valence electrons. The Kier molecular flexibility index (Phi) is 5.49. The van der Waals surface area contributed by atoms with Crippen molar-refractivity contribution in [3.63, 3.8) is 0 Å². The molecule has 0 spiro atoms. The number of nitrogens with one attached hydrogen (secondary N) is 1. The van der Waals surface area contributed by atoms with Gasteiger partial charge in [0, 0.05) is 22.7 Å². The summed E-state index contributed by atoms with van der Waals surface area (Å²) in [6.45, 7) is 1.86. The highest BCUT2D eigenvalue weighted by Gasteiger charge is 2.47. The first kappa shape index (κ1) is 21.0. The van der Waals surface area contributed by atoms with Gasteiger partial charge < -0.3 is 19.5 Å². The second-order valence-electron chi connectivity index (χ2n) is 7.33. The lowest BCUT2D eigenvalue weighted by Gasteiger charge is -2.29. The SMILES string of the molecule is COc1ccc2c(c1OC)C(=O)O[C@H]2N1C(=O)CC[C@H]1C(=O)Nc1ccc(C)c(Cl)c1. The molecule has 1 saturated heterocycles. The lowest BCUT2D eigenvalue weighted by molar-refractivity contribution is -0.144. The summed E-state index contributed by atoms with van der Waals surface area (Å²) in [6, 6.07) is 7.66. The van der Waals surface area contributed by atoms with E-state index in [0.29, 0.717) is 28.4 Å². The second kappa shape index (κ2) is 8.11. The molecule has 0 unspecified atom stereocenters. The number of carbonyl (C=O) groups excluding carboxylic acids is 3. The van der Waals surface area contributed by atoms with Crippen LogP contribution in [0.2, 0.25) is 5.02 Å². The first-order valence-corrected chi connectivity index (χ1v) is 10.1. The first-order valence-electron chi connectivity index (χ1n) is 9.69. The summed E-state index contributed by atoms with van der Waals surface area (Å²) in [6.07, 6.45) is -0.542. The monoisotopic (exact) mass is 444 g/mol. The second-order valence-corrected chi connectivity index (χ2v) is 7.74. The minimum Gasteiger partial charge on any atom is -0.493 e. The molecule has 2 aromatic carbocycles. The number of carbonyl (C=O) groups is 3. The number of hydrogen-bond acceptors (Lipinski definition) is 6. The highest BCUT2D eigenvalue weighted by atomic mass is 35.5. The predicted octanol–water partition coefficient (Wildman–Crippen LogP) is 3.46. The molecule has 9 heteroatoms. The number of hydrogen-bond donors (Lipinski definition) is 1. The van der Waals surface area contributed by atoms with Gasteiger partial charge in [0.25, 0.3) is 0 Å². The zero-order valence-corrected chi connectivity index (χ0v) is 18.0. The number of methoxy groups -OCH3 is 2. The van der Waals surface area contributed by atoms with Gasteiger partial charge >= 0.3 is 5.97 Å². The van der Waals surface area contributed by atoms with Gasteiger partial charge in [0.15, 0.2) is 11.5 Å². The van der Waals surface area contributed by atoms with Gasteiger partial charge in [-0.2, -0.15) is 0 Å². The van der Waals surface area contributed by atoms with Gasteiger partial charge in [0.2, 0.25) is 18.0 Å². The van der Waals surface area contributed by atoms with Crippen LogP contribution in [0.3, 0.4) is 0 Å². The number of cyclic esters (lactones) is 1. The molecule has 0 saturated carbocycles. The van der Waals surface area contributed by atoms with E-state index in [2.05, 4.69) is 5.32 Å². The largest absolute Gasteiger partial charge is 0.493 e. The number of fused-ring (bicyclic) bond motifs is 1. The Balaban J connectivity index is 1.64. The van der Waals surface area contributed by atoms with Crippen LogP contribution < -0.4 is 14.8 Å². The zero-order valence-electron chi connectivity index (χ0n) is 17.2. The van der Waals surface area contributed by atoms with Crippen molar-refractivity contribution in [3.8, 4) is 11.5 Å². The maximum absolute atomic E-state index is 13.0. The summed E-state index contributed by atoms with van der Waals surface area (Å²) < 4.78 is 16.1. The van der Waals surface area contributed by atoms with Crippen molar-refractivity contribution in [2.45, 2.75) is 32.0 Å². The van der Waals surface area contributed by atoms with E-state index in [1.165, 1.54) is 19.1 Å². The van der Waals surface area contributed by atoms with Gasteiger partial charge in [-0.1, -0.05) is 17.7 Å². The van der Waals surface area contributed by atoms with Crippen LogP contribution >= 0.6 is 11.6 Å². The third-order valence-corrected chi connectivity index (χ3v) is 5.92. The van der Waals surface area contributed by atoms with E-state index < -0.39 is 18.2 Å². The van der Waals surface area contributed by atoms with E-state index >= 15 is 0 Å².